The predicted molar refractivity (Wildman–Crippen MR) is 60.6 cm³/mol. The standard InChI is InChI=1S/C12H19NO/c1-3-12(14)10-13(4-2)11-8-6-5-7-9-11/h5-9,12,14H,3-4,10H2,1-2H3. The molecule has 1 aromatic rings. The van der Waals surface area contributed by atoms with Gasteiger partial charge < -0.3 is 10.0 Å². The normalized spacial score (nSPS) is 12.5. The van der Waals surface area contributed by atoms with E-state index in [0.29, 0.717) is 0 Å². The summed E-state index contributed by atoms with van der Waals surface area (Å²) in [7, 11) is 0. The Hall–Kier alpha value is -1.02. The quantitative estimate of drug-likeness (QED) is 0.775. The third-order valence-electron chi connectivity index (χ3n) is 2.41. The van der Waals surface area contributed by atoms with Crippen molar-refractivity contribution < 1.29 is 5.11 Å². The number of hydrogen-bond acceptors (Lipinski definition) is 2. The lowest BCUT2D eigenvalue weighted by Crippen LogP contribution is -2.31. The van der Waals surface area contributed by atoms with Crippen molar-refractivity contribution in [2.24, 2.45) is 0 Å². The van der Waals surface area contributed by atoms with Crippen molar-refractivity contribution in [1.29, 1.82) is 0 Å². The molecule has 0 amide bonds. The summed E-state index contributed by atoms with van der Waals surface area (Å²) >= 11 is 0. The van der Waals surface area contributed by atoms with Crippen molar-refractivity contribution in [1.82, 2.24) is 0 Å². The fourth-order valence-electron chi connectivity index (χ4n) is 1.44. The number of benzene rings is 1. The summed E-state index contributed by atoms with van der Waals surface area (Å²) in [5.41, 5.74) is 1.18. The molecule has 0 fully saturated rings. The molecular weight excluding hydrogens is 174 g/mol. The molecule has 0 saturated carbocycles. The monoisotopic (exact) mass is 193 g/mol. The Balaban J connectivity index is 2.63. The first kappa shape index (κ1) is 11.1. The van der Waals surface area contributed by atoms with Gasteiger partial charge in [-0.2, -0.15) is 0 Å². The Kier molecular flexibility index (Phi) is 4.47. The van der Waals surface area contributed by atoms with Crippen LogP contribution in [0.3, 0.4) is 0 Å². The molecule has 0 aliphatic heterocycles. The van der Waals surface area contributed by atoms with Crippen LogP contribution in [0.15, 0.2) is 30.3 Å². The van der Waals surface area contributed by atoms with Gasteiger partial charge in [0.15, 0.2) is 0 Å². The lowest BCUT2D eigenvalue weighted by atomic mass is 10.2. The van der Waals surface area contributed by atoms with Gasteiger partial charge in [-0.3, -0.25) is 0 Å². The molecule has 0 heterocycles. The van der Waals surface area contributed by atoms with Crippen LogP contribution < -0.4 is 4.90 Å². The molecule has 0 aromatic heterocycles. The fourth-order valence-corrected chi connectivity index (χ4v) is 1.44. The number of likely N-dealkylation sites (N-methyl/N-ethyl adjacent to an activating group) is 1. The number of para-hydroxylation sites is 1. The van der Waals surface area contributed by atoms with Crippen molar-refractivity contribution in [2.75, 3.05) is 18.0 Å². The fraction of sp³-hybridized carbons (Fsp3) is 0.500. The molecule has 2 heteroatoms. The van der Waals surface area contributed by atoms with Gasteiger partial charge in [-0.15, -0.1) is 0 Å². The molecule has 14 heavy (non-hydrogen) atoms. The zero-order valence-electron chi connectivity index (χ0n) is 8.98. The Morgan fingerprint density at radius 2 is 1.86 bits per heavy atom. The lowest BCUT2D eigenvalue weighted by molar-refractivity contribution is 0.176. The molecule has 1 aromatic carbocycles. The highest BCUT2D eigenvalue weighted by Gasteiger charge is 2.08. The summed E-state index contributed by atoms with van der Waals surface area (Å²) < 4.78 is 0. The van der Waals surface area contributed by atoms with E-state index in [1.807, 2.05) is 25.1 Å². The number of aliphatic hydroxyl groups is 1. The van der Waals surface area contributed by atoms with Crippen molar-refractivity contribution in [3.8, 4) is 0 Å². The minimum absolute atomic E-state index is 0.227. The van der Waals surface area contributed by atoms with Gasteiger partial charge >= 0.3 is 0 Å². The van der Waals surface area contributed by atoms with Gasteiger partial charge in [0.2, 0.25) is 0 Å². The van der Waals surface area contributed by atoms with Crippen LogP contribution in [0.4, 0.5) is 5.69 Å². The SMILES string of the molecule is CCC(O)CN(CC)c1ccccc1. The van der Waals surface area contributed by atoms with Crippen LogP contribution in [0.2, 0.25) is 0 Å². The van der Waals surface area contributed by atoms with Gasteiger partial charge in [0, 0.05) is 18.8 Å². The van der Waals surface area contributed by atoms with E-state index in [9.17, 15) is 5.11 Å². The smallest absolute Gasteiger partial charge is 0.0712 e. The molecule has 1 atom stereocenters. The van der Waals surface area contributed by atoms with Crippen LogP contribution in [0.25, 0.3) is 0 Å². The van der Waals surface area contributed by atoms with Crippen molar-refractivity contribution >= 4 is 5.69 Å². The molecule has 0 bridgehead atoms. The number of hydrogen-bond donors (Lipinski definition) is 1. The minimum atomic E-state index is -0.227. The van der Waals surface area contributed by atoms with E-state index in [0.717, 1.165) is 19.5 Å². The van der Waals surface area contributed by atoms with Crippen LogP contribution in [0.5, 0.6) is 0 Å². The zero-order chi connectivity index (χ0) is 10.4. The Morgan fingerprint density at radius 3 is 2.36 bits per heavy atom. The topological polar surface area (TPSA) is 23.5 Å². The Morgan fingerprint density at radius 1 is 1.21 bits per heavy atom. The van der Waals surface area contributed by atoms with E-state index in [2.05, 4.69) is 24.0 Å². The van der Waals surface area contributed by atoms with Gasteiger partial charge in [-0.25, -0.2) is 0 Å². The minimum Gasteiger partial charge on any atom is -0.391 e. The third-order valence-corrected chi connectivity index (χ3v) is 2.41. The maximum absolute atomic E-state index is 9.58. The van der Waals surface area contributed by atoms with Gasteiger partial charge in [0.05, 0.1) is 6.10 Å². The Labute approximate surface area is 86.2 Å². The van der Waals surface area contributed by atoms with E-state index in [1.54, 1.807) is 0 Å². The summed E-state index contributed by atoms with van der Waals surface area (Å²) in [6.45, 7) is 5.76. The van der Waals surface area contributed by atoms with Crippen molar-refractivity contribution in [3.05, 3.63) is 30.3 Å². The van der Waals surface area contributed by atoms with Crippen LogP contribution in [-0.2, 0) is 0 Å². The summed E-state index contributed by atoms with van der Waals surface area (Å²) in [6.07, 6.45) is 0.582. The first-order valence-corrected chi connectivity index (χ1v) is 5.26. The molecule has 1 unspecified atom stereocenters. The summed E-state index contributed by atoms with van der Waals surface area (Å²) in [5.74, 6) is 0. The predicted octanol–water partition coefficient (Wildman–Crippen LogP) is 2.28. The summed E-state index contributed by atoms with van der Waals surface area (Å²) in [5, 5.41) is 9.58. The number of nitrogens with zero attached hydrogens (tertiary/aromatic N) is 1. The second-order valence-corrected chi connectivity index (χ2v) is 3.44. The van der Waals surface area contributed by atoms with E-state index in [-0.39, 0.29) is 6.10 Å². The highest BCUT2D eigenvalue weighted by atomic mass is 16.3. The van der Waals surface area contributed by atoms with Crippen LogP contribution in [0, 0.1) is 0 Å². The number of rotatable bonds is 5. The molecule has 2 nitrogen and oxygen atoms in total. The van der Waals surface area contributed by atoms with Crippen LogP contribution >= 0.6 is 0 Å². The average molecular weight is 193 g/mol. The van der Waals surface area contributed by atoms with E-state index in [1.165, 1.54) is 5.69 Å². The third kappa shape index (κ3) is 3.04. The molecular formula is C12H19NO. The first-order chi connectivity index (χ1) is 6.77. The van der Waals surface area contributed by atoms with Gasteiger partial charge in [0.25, 0.3) is 0 Å². The van der Waals surface area contributed by atoms with Crippen molar-refractivity contribution in [3.63, 3.8) is 0 Å². The summed E-state index contributed by atoms with van der Waals surface area (Å²) in [4.78, 5) is 2.19. The molecule has 0 spiro atoms. The molecule has 1 N–H and O–H groups in total. The average Bonchev–Trinajstić information content (AvgIpc) is 2.26. The second kappa shape index (κ2) is 5.66. The Bertz CT molecular complexity index is 248. The van der Waals surface area contributed by atoms with Crippen LogP contribution in [0.1, 0.15) is 20.3 Å². The highest BCUT2D eigenvalue weighted by Crippen LogP contribution is 2.13. The van der Waals surface area contributed by atoms with E-state index >= 15 is 0 Å². The van der Waals surface area contributed by atoms with Gasteiger partial charge in [0.1, 0.15) is 0 Å². The van der Waals surface area contributed by atoms with Crippen molar-refractivity contribution in [2.45, 2.75) is 26.4 Å². The lowest BCUT2D eigenvalue weighted by Gasteiger charge is -2.25. The van der Waals surface area contributed by atoms with E-state index < -0.39 is 0 Å². The maximum atomic E-state index is 9.58. The molecule has 78 valence electrons. The maximum Gasteiger partial charge on any atom is 0.0712 e. The molecule has 0 aliphatic rings. The summed E-state index contributed by atoms with van der Waals surface area (Å²) in [6, 6.07) is 10.2. The van der Waals surface area contributed by atoms with Crippen LogP contribution in [-0.4, -0.2) is 24.3 Å². The largest absolute Gasteiger partial charge is 0.391 e. The van der Waals surface area contributed by atoms with Gasteiger partial charge in [-0.1, -0.05) is 25.1 Å². The van der Waals surface area contributed by atoms with Gasteiger partial charge in [-0.05, 0) is 25.5 Å². The number of anilines is 1. The first-order valence-electron chi connectivity index (χ1n) is 5.26. The highest BCUT2D eigenvalue weighted by molar-refractivity contribution is 5.45. The molecule has 0 radical (unpaired) electrons. The zero-order valence-corrected chi connectivity index (χ0v) is 8.98. The molecule has 1 rings (SSSR count). The number of aliphatic hydroxyl groups excluding tert-OH is 1. The molecule has 0 saturated heterocycles. The van der Waals surface area contributed by atoms with E-state index in [4.69, 9.17) is 0 Å². The molecule has 0 aliphatic carbocycles. The second-order valence-electron chi connectivity index (χ2n) is 3.44.